The van der Waals surface area contributed by atoms with Crippen LogP contribution in [0.5, 0.6) is 0 Å². The monoisotopic (exact) mass is 265 g/mol. The number of carbonyl (C=O) groups excluding carboxylic acids is 1. The Hall–Kier alpha value is -0.370. The molecule has 0 aromatic rings. The van der Waals surface area contributed by atoms with Gasteiger partial charge in [-0.25, -0.2) is 0 Å². The molecule has 0 amide bonds. The molecule has 19 heavy (non-hydrogen) atoms. The number of likely N-dealkylation sites (tertiary alicyclic amines) is 1. The van der Waals surface area contributed by atoms with Gasteiger partial charge in [0.1, 0.15) is 5.78 Å². The van der Waals surface area contributed by atoms with Crippen LogP contribution in [0.2, 0.25) is 0 Å². The third-order valence-corrected chi connectivity index (χ3v) is 5.44. The van der Waals surface area contributed by atoms with E-state index in [0.29, 0.717) is 17.1 Å². The Balaban J connectivity index is 1.85. The number of piperidine rings is 1. The third kappa shape index (κ3) is 4.05. The zero-order valence-corrected chi connectivity index (χ0v) is 13.2. The Bertz CT molecular complexity index is 311. The minimum Gasteiger partial charge on any atom is -0.303 e. The summed E-state index contributed by atoms with van der Waals surface area (Å²) in [6, 6.07) is 0. The Kier molecular flexibility index (Phi) is 4.70. The van der Waals surface area contributed by atoms with Crippen LogP contribution in [0.15, 0.2) is 0 Å². The van der Waals surface area contributed by atoms with E-state index in [0.717, 1.165) is 37.6 Å². The van der Waals surface area contributed by atoms with Crippen LogP contribution >= 0.6 is 0 Å². The number of hydrogen-bond acceptors (Lipinski definition) is 2. The Morgan fingerprint density at radius 2 is 1.89 bits per heavy atom. The SMILES string of the molecule is CC(C)C1CCC(=O)C(CN2CCC(C)(C)CC2)C1. The number of Topliss-reactive ketones (excluding diaryl/α,β-unsaturated/α-hetero) is 1. The van der Waals surface area contributed by atoms with Crippen molar-refractivity contribution in [3.05, 3.63) is 0 Å². The fourth-order valence-electron chi connectivity index (χ4n) is 3.58. The molecule has 2 nitrogen and oxygen atoms in total. The van der Waals surface area contributed by atoms with E-state index in [9.17, 15) is 4.79 Å². The number of rotatable bonds is 3. The molecular formula is C17H31NO. The van der Waals surface area contributed by atoms with Gasteiger partial charge in [-0.15, -0.1) is 0 Å². The first-order valence-corrected chi connectivity index (χ1v) is 8.12. The second kappa shape index (κ2) is 5.95. The van der Waals surface area contributed by atoms with Crippen LogP contribution in [0.3, 0.4) is 0 Å². The molecule has 1 aliphatic heterocycles. The first kappa shape index (κ1) is 15.0. The fraction of sp³-hybridized carbons (Fsp3) is 0.941. The van der Waals surface area contributed by atoms with Crippen molar-refractivity contribution in [2.45, 2.75) is 59.8 Å². The van der Waals surface area contributed by atoms with Gasteiger partial charge >= 0.3 is 0 Å². The van der Waals surface area contributed by atoms with E-state index < -0.39 is 0 Å². The van der Waals surface area contributed by atoms with E-state index in [2.05, 4.69) is 32.6 Å². The van der Waals surface area contributed by atoms with Gasteiger partial charge in [-0.1, -0.05) is 27.7 Å². The van der Waals surface area contributed by atoms with Gasteiger partial charge in [0.05, 0.1) is 0 Å². The molecule has 0 radical (unpaired) electrons. The van der Waals surface area contributed by atoms with Crippen molar-refractivity contribution in [3.63, 3.8) is 0 Å². The number of ketones is 1. The van der Waals surface area contributed by atoms with E-state index in [1.807, 2.05) is 0 Å². The molecule has 2 heteroatoms. The summed E-state index contributed by atoms with van der Waals surface area (Å²) in [4.78, 5) is 14.7. The molecule has 2 atom stereocenters. The lowest BCUT2D eigenvalue weighted by molar-refractivity contribution is -0.126. The first-order chi connectivity index (χ1) is 8.87. The van der Waals surface area contributed by atoms with Crippen molar-refractivity contribution in [2.75, 3.05) is 19.6 Å². The minimum atomic E-state index is 0.322. The lowest BCUT2D eigenvalue weighted by Gasteiger charge is -2.40. The minimum absolute atomic E-state index is 0.322. The predicted octanol–water partition coefficient (Wildman–Crippen LogP) is 3.75. The van der Waals surface area contributed by atoms with Gasteiger partial charge in [-0.05, 0) is 56.0 Å². The molecule has 1 saturated carbocycles. The van der Waals surface area contributed by atoms with Gasteiger partial charge in [-0.2, -0.15) is 0 Å². The Morgan fingerprint density at radius 3 is 2.47 bits per heavy atom. The lowest BCUT2D eigenvalue weighted by atomic mass is 9.75. The highest BCUT2D eigenvalue weighted by Crippen LogP contribution is 2.34. The van der Waals surface area contributed by atoms with Gasteiger partial charge in [0.15, 0.2) is 0 Å². The summed E-state index contributed by atoms with van der Waals surface area (Å²) in [7, 11) is 0. The van der Waals surface area contributed by atoms with E-state index in [4.69, 9.17) is 0 Å². The molecule has 2 rings (SSSR count). The van der Waals surface area contributed by atoms with Crippen molar-refractivity contribution in [1.29, 1.82) is 0 Å². The Labute approximate surface area is 118 Å². The fourth-order valence-corrected chi connectivity index (χ4v) is 3.58. The molecule has 2 unspecified atom stereocenters. The third-order valence-electron chi connectivity index (χ3n) is 5.44. The average Bonchev–Trinajstić information content (AvgIpc) is 2.34. The lowest BCUT2D eigenvalue weighted by Crippen LogP contribution is -2.43. The molecule has 2 fully saturated rings. The van der Waals surface area contributed by atoms with Crippen molar-refractivity contribution in [2.24, 2.45) is 23.2 Å². The highest BCUT2D eigenvalue weighted by molar-refractivity contribution is 5.82. The number of hydrogen-bond donors (Lipinski definition) is 0. The van der Waals surface area contributed by atoms with Crippen molar-refractivity contribution in [3.8, 4) is 0 Å². The van der Waals surface area contributed by atoms with Crippen molar-refractivity contribution < 1.29 is 4.79 Å². The van der Waals surface area contributed by atoms with E-state index in [-0.39, 0.29) is 0 Å². The summed E-state index contributed by atoms with van der Waals surface area (Å²) in [5, 5.41) is 0. The van der Waals surface area contributed by atoms with Crippen LogP contribution in [0.25, 0.3) is 0 Å². The molecule has 110 valence electrons. The van der Waals surface area contributed by atoms with Crippen LogP contribution in [0.4, 0.5) is 0 Å². The summed E-state index contributed by atoms with van der Waals surface area (Å²) in [5.41, 5.74) is 0.507. The second-order valence-electron chi connectivity index (χ2n) is 7.91. The van der Waals surface area contributed by atoms with Gasteiger partial charge in [-0.3, -0.25) is 4.79 Å². The van der Waals surface area contributed by atoms with Crippen LogP contribution < -0.4 is 0 Å². The maximum absolute atomic E-state index is 12.1. The van der Waals surface area contributed by atoms with Crippen LogP contribution in [0.1, 0.15) is 59.8 Å². The number of nitrogens with zero attached hydrogens (tertiary/aromatic N) is 1. The number of carbonyl (C=O) groups is 1. The second-order valence-corrected chi connectivity index (χ2v) is 7.91. The van der Waals surface area contributed by atoms with E-state index in [1.165, 1.54) is 25.9 Å². The van der Waals surface area contributed by atoms with E-state index >= 15 is 0 Å². The molecular weight excluding hydrogens is 234 g/mol. The molecule has 1 aliphatic carbocycles. The van der Waals surface area contributed by atoms with Crippen molar-refractivity contribution in [1.82, 2.24) is 4.90 Å². The molecule has 0 aromatic carbocycles. The van der Waals surface area contributed by atoms with Crippen LogP contribution in [0, 0.1) is 23.2 Å². The summed E-state index contributed by atoms with van der Waals surface area (Å²) in [6.07, 6.45) is 5.65. The zero-order chi connectivity index (χ0) is 14.0. The molecule has 1 heterocycles. The molecule has 1 saturated heterocycles. The predicted molar refractivity (Wildman–Crippen MR) is 80.1 cm³/mol. The van der Waals surface area contributed by atoms with Gasteiger partial charge < -0.3 is 4.90 Å². The quantitative estimate of drug-likeness (QED) is 0.774. The van der Waals surface area contributed by atoms with E-state index in [1.54, 1.807) is 0 Å². The summed E-state index contributed by atoms with van der Waals surface area (Å²) >= 11 is 0. The molecule has 0 N–H and O–H groups in total. The van der Waals surface area contributed by atoms with Crippen molar-refractivity contribution >= 4 is 5.78 Å². The average molecular weight is 265 g/mol. The molecule has 0 spiro atoms. The summed E-state index contributed by atoms with van der Waals surface area (Å²) in [5.74, 6) is 2.35. The van der Waals surface area contributed by atoms with Gasteiger partial charge in [0.25, 0.3) is 0 Å². The smallest absolute Gasteiger partial charge is 0.137 e. The Morgan fingerprint density at radius 1 is 1.26 bits per heavy atom. The molecule has 0 bridgehead atoms. The highest BCUT2D eigenvalue weighted by Gasteiger charge is 2.33. The first-order valence-electron chi connectivity index (χ1n) is 8.12. The van der Waals surface area contributed by atoms with Gasteiger partial charge in [0.2, 0.25) is 0 Å². The zero-order valence-electron chi connectivity index (χ0n) is 13.2. The maximum atomic E-state index is 12.1. The van der Waals surface area contributed by atoms with Crippen LogP contribution in [-0.2, 0) is 4.79 Å². The van der Waals surface area contributed by atoms with Crippen LogP contribution in [-0.4, -0.2) is 30.3 Å². The maximum Gasteiger partial charge on any atom is 0.137 e. The van der Waals surface area contributed by atoms with Gasteiger partial charge in [0, 0.05) is 18.9 Å². The highest BCUT2D eigenvalue weighted by atomic mass is 16.1. The molecule has 2 aliphatic rings. The normalized spacial score (nSPS) is 32.8. The summed E-state index contributed by atoms with van der Waals surface area (Å²) in [6.45, 7) is 12.7. The topological polar surface area (TPSA) is 20.3 Å². The largest absolute Gasteiger partial charge is 0.303 e. The molecule has 0 aromatic heterocycles. The summed E-state index contributed by atoms with van der Waals surface area (Å²) < 4.78 is 0. The standard InChI is InChI=1S/C17H31NO/c1-13(2)14-5-6-16(19)15(11-14)12-18-9-7-17(3,4)8-10-18/h13-15H,5-12H2,1-4H3.